The summed E-state index contributed by atoms with van der Waals surface area (Å²) >= 11 is 0. The van der Waals surface area contributed by atoms with Gasteiger partial charge in [0, 0.05) is 6.54 Å². The molecule has 2 aliphatic rings. The predicted molar refractivity (Wildman–Crippen MR) is 56.7 cm³/mol. The normalized spacial score (nSPS) is 27.2. The van der Waals surface area contributed by atoms with E-state index in [9.17, 15) is 0 Å². The first kappa shape index (κ1) is 9.51. The van der Waals surface area contributed by atoms with Gasteiger partial charge in [-0.2, -0.15) is 0 Å². The molecule has 0 radical (unpaired) electrons. The largest absolute Gasteiger partial charge is 0.316 e. The number of nitrogens with one attached hydrogen (secondary N) is 1. The van der Waals surface area contributed by atoms with Crippen LogP contribution in [0.4, 0.5) is 0 Å². The van der Waals surface area contributed by atoms with Crippen molar-refractivity contribution in [3.05, 3.63) is 0 Å². The van der Waals surface area contributed by atoms with Crippen LogP contribution in [0.3, 0.4) is 0 Å². The Morgan fingerprint density at radius 3 is 2.54 bits per heavy atom. The topological polar surface area (TPSA) is 12.0 Å². The lowest BCUT2D eigenvalue weighted by atomic mass is 10.0. The number of hydrogen-bond acceptors (Lipinski definition) is 1. The molecule has 2 aliphatic carbocycles. The zero-order valence-corrected chi connectivity index (χ0v) is 9.10. The summed E-state index contributed by atoms with van der Waals surface area (Å²) in [7, 11) is 0. The fourth-order valence-corrected chi connectivity index (χ4v) is 2.30. The molecular formula is C12H23N. The number of hydrogen-bond donors (Lipinski definition) is 1. The van der Waals surface area contributed by atoms with Gasteiger partial charge in [0.05, 0.1) is 0 Å². The summed E-state index contributed by atoms with van der Waals surface area (Å²) in [6.45, 7) is 7.15. The molecule has 0 spiro atoms. The van der Waals surface area contributed by atoms with E-state index >= 15 is 0 Å². The van der Waals surface area contributed by atoms with Crippen LogP contribution in [0.2, 0.25) is 0 Å². The summed E-state index contributed by atoms with van der Waals surface area (Å²) in [6, 6.07) is 0. The fourth-order valence-electron chi connectivity index (χ4n) is 2.30. The van der Waals surface area contributed by atoms with Gasteiger partial charge in [-0.1, -0.05) is 20.3 Å². The molecule has 2 fully saturated rings. The summed E-state index contributed by atoms with van der Waals surface area (Å²) in [5.41, 5.74) is 0.785. The Labute approximate surface area is 82.3 Å². The highest BCUT2D eigenvalue weighted by atomic mass is 14.9. The second-order valence-electron chi connectivity index (χ2n) is 5.28. The molecule has 76 valence electrons. The Kier molecular flexibility index (Phi) is 2.64. The standard InChI is InChI=1S/C12H23N/c1-3-10(2)8-13-9-12(6-7-12)11-4-5-11/h10-11,13H,3-9H2,1-2H3. The second kappa shape index (κ2) is 3.61. The lowest BCUT2D eigenvalue weighted by Gasteiger charge is -2.17. The van der Waals surface area contributed by atoms with Gasteiger partial charge in [0.1, 0.15) is 0 Å². The molecule has 1 unspecified atom stereocenters. The molecule has 2 saturated carbocycles. The molecular weight excluding hydrogens is 158 g/mol. The molecule has 1 heteroatoms. The predicted octanol–water partition coefficient (Wildman–Crippen LogP) is 2.81. The monoisotopic (exact) mass is 181 g/mol. The molecule has 0 bridgehead atoms. The van der Waals surface area contributed by atoms with Gasteiger partial charge in [0.2, 0.25) is 0 Å². The summed E-state index contributed by atoms with van der Waals surface area (Å²) in [5, 5.41) is 3.66. The third-order valence-corrected chi connectivity index (χ3v) is 4.00. The van der Waals surface area contributed by atoms with Gasteiger partial charge >= 0.3 is 0 Å². The summed E-state index contributed by atoms with van der Waals surface area (Å²) < 4.78 is 0. The molecule has 2 rings (SSSR count). The van der Waals surface area contributed by atoms with Crippen molar-refractivity contribution in [1.29, 1.82) is 0 Å². The van der Waals surface area contributed by atoms with E-state index in [2.05, 4.69) is 19.2 Å². The Bertz CT molecular complexity index is 168. The Balaban J connectivity index is 1.62. The van der Waals surface area contributed by atoms with Gasteiger partial charge in [-0.05, 0) is 49.5 Å². The maximum absolute atomic E-state index is 3.66. The van der Waals surface area contributed by atoms with Crippen LogP contribution < -0.4 is 5.32 Å². The Hall–Kier alpha value is -0.0400. The molecule has 0 aromatic carbocycles. The van der Waals surface area contributed by atoms with Crippen LogP contribution in [0.15, 0.2) is 0 Å². The molecule has 0 aliphatic heterocycles. The minimum absolute atomic E-state index is 0.785. The average Bonchev–Trinajstić information content (AvgIpc) is 2.96. The third kappa shape index (κ3) is 2.25. The van der Waals surface area contributed by atoms with Crippen LogP contribution in [0.1, 0.15) is 46.0 Å². The van der Waals surface area contributed by atoms with Crippen LogP contribution >= 0.6 is 0 Å². The van der Waals surface area contributed by atoms with Crippen LogP contribution in [-0.2, 0) is 0 Å². The highest BCUT2D eigenvalue weighted by Crippen LogP contribution is 2.60. The van der Waals surface area contributed by atoms with Gasteiger partial charge < -0.3 is 5.32 Å². The molecule has 0 amide bonds. The Morgan fingerprint density at radius 2 is 2.08 bits per heavy atom. The van der Waals surface area contributed by atoms with Crippen LogP contribution in [0, 0.1) is 17.3 Å². The van der Waals surface area contributed by atoms with Crippen LogP contribution in [0.5, 0.6) is 0 Å². The lowest BCUT2D eigenvalue weighted by Crippen LogP contribution is -2.29. The van der Waals surface area contributed by atoms with Crippen LogP contribution in [-0.4, -0.2) is 13.1 Å². The van der Waals surface area contributed by atoms with Crippen molar-refractivity contribution in [2.45, 2.75) is 46.0 Å². The van der Waals surface area contributed by atoms with Gasteiger partial charge in [0.25, 0.3) is 0 Å². The van der Waals surface area contributed by atoms with Gasteiger partial charge in [0.15, 0.2) is 0 Å². The summed E-state index contributed by atoms with van der Waals surface area (Å²) in [5.74, 6) is 1.96. The van der Waals surface area contributed by atoms with Crippen LogP contribution in [0.25, 0.3) is 0 Å². The first-order chi connectivity index (χ1) is 6.27. The zero-order valence-electron chi connectivity index (χ0n) is 9.10. The average molecular weight is 181 g/mol. The quantitative estimate of drug-likeness (QED) is 0.664. The molecule has 0 heterocycles. The van der Waals surface area contributed by atoms with Gasteiger partial charge in [-0.15, -0.1) is 0 Å². The highest BCUT2D eigenvalue weighted by Gasteiger charge is 2.53. The molecule has 0 aromatic heterocycles. The highest BCUT2D eigenvalue weighted by molar-refractivity contribution is 5.04. The first-order valence-corrected chi connectivity index (χ1v) is 5.97. The van der Waals surface area contributed by atoms with Crippen molar-refractivity contribution in [3.63, 3.8) is 0 Å². The van der Waals surface area contributed by atoms with Crippen molar-refractivity contribution in [2.75, 3.05) is 13.1 Å². The van der Waals surface area contributed by atoms with Gasteiger partial charge in [-0.25, -0.2) is 0 Å². The van der Waals surface area contributed by atoms with E-state index in [1.54, 1.807) is 0 Å². The minimum Gasteiger partial charge on any atom is -0.316 e. The third-order valence-electron chi connectivity index (χ3n) is 4.00. The van der Waals surface area contributed by atoms with E-state index in [-0.39, 0.29) is 0 Å². The molecule has 1 atom stereocenters. The summed E-state index contributed by atoms with van der Waals surface area (Å²) in [4.78, 5) is 0. The van der Waals surface area contributed by atoms with E-state index in [4.69, 9.17) is 0 Å². The van der Waals surface area contributed by atoms with Gasteiger partial charge in [-0.3, -0.25) is 0 Å². The lowest BCUT2D eigenvalue weighted by molar-refractivity contribution is 0.382. The molecule has 1 N–H and O–H groups in total. The molecule has 1 nitrogen and oxygen atoms in total. The van der Waals surface area contributed by atoms with Crippen molar-refractivity contribution >= 4 is 0 Å². The fraction of sp³-hybridized carbons (Fsp3) is 1.00. The first-order valence-electron chi connectivity index (χ1n) is 5.97. The molecule has 13 heavy (non-hydrogen) atoms. The van der Waals surface area contributed by atoms with E-state index in [1.807, 2.05) is 0 Å². The van der Waals surface area contributed by atoms with Crippen molar-refractivity contribution < 1.29 is 0 Å². The van der Waals surface area contributed by atoms with Crippen molar-refractivity contribution in [2.24, 2.45) is 17.3 Å². The van der Waals surface area contributed by atoms with E-state index < -0.39 is 0 Å². The van der Waals surface area contributed by atoms with Crippen molar-refractivity contribution in [3.8, 4) is 0 Å². The molecule has 0 aromatic rings. The van der Waals surface area contributed by atoms with E-state index in [0.29, 0.717) is 0 Å². The van der Waals surface area contributed by atoms with E-state index in [0.717, 1.165) is 17.3 Å². The van der Waals surface area contributed by atoms with E-state index in [1.165, 1.54) is 45.2 Å². The summed E-state index contributed by atoms with van der Waals surface area (Å²) in [6.07, 6.45) is 7.36. The smallest absolute Gasteiger partial charge is 0.00106 e. The van der Waals surface area contributed by atoms with Crippen molar-refractivity contribution in [1.82, 2.24) is 5.32 Å². The molecule has 0 saturated heterocycles. The Morgan fingerprint density at radius 1 is 1.38 bits per heavy atom. The minimum atomic E-state index is 0.785. The maximum Gasteiger partial charge on any atom is 0.00106 e. The zero-order chi connectivity index (χ0) is 9.31. The number of rotatable bonds is 6. The SMILES string of the molecule is CCC(C)CNCC1(C2CC2)CC1. The maximum atomic E-state index is 3.66. The second-order valence-corrected chi connectivity index (χ2v) is 5.28.